The van der Waals surface area contributed by atoms with E-state index in [0.29, 0.717) is 34.1 Å². The lowest BCUT2D eigenvalue weighted by molar-refractivity contribution is 0.0525. The lowest BCUT2D eigenvalue weighted by atomic mass is 10.1. The number of aromatic nitrogens is 3. The Hall–Kier alpha value is -1.62. The van der Waals surface area contributed by atoms with Gasteiger partial charge in [0.05, 0.1) is 28.9 Å². The summed E-state index contributed by atoms with van der Waals surface area (Å²) in [5, 5.41) is 5.23. The number of pyridine rings is 1. The van der Waals surface area contributed by atoms with Crippen molar-refractivity contribution in [3.63, 3.8) is 0 Å². The van der Waals surface area contributed by atoms with Crippen molar-refractivity contribution < 1.29 is 9.53 Å². The highest BCUT2D eigenvalue weighted by Crippen LogP contribution is 2.43. The third kappa shape index (κ3) is 1.98. The van der Waals surface area contributed by atoms with Gasteiger partial charge in [0.15, 0.2) is 5.65 Å². The minimum Gasteiger partial charge on any atom is -0.462 e. The van der Waals surface area contributed by atoms with Gasteiger partial charge >= 0.3 is 5.97 Å². The number of hydrogen-bond donors (Lipinski definition) is 0. The summed E-state index contributed by atoms with van der Waals surface area (Å²) in [6, 6.07) is 0. The van der Waals surface area contributed by atoms with E-state index in [0.717, 1.165) is 18.5 Å². The van der Waals surface area contributed by atoms with Gasteiger partial charge in [-0.15, -0.1) is 0 Å². The van der Waals surface area contributed by atoms with E-state index in [1.54, 1.807) is 17.8 Å². The van der Waals surface area contributed by atoms with Crippen molar-refractivity contribution in [1.82, 2.24) is 14.8 Å². The molecule has 0 unspecified atom stereocenters. The summed E-state index contributed by atoms with van der Waals surface area (Å²) in [6.45, 7) is 2.10. The molecule has 0 N–H and O–H groups in total. The van der Waals surface area contributed by atoms with Crippen molar-refractivity contribution in [2.75, 3.05) is 6.61 Å². The van der Waals surface area contributed by atoms with Crippen molar-refractivity contribution in [3.8, 4) is 0 Å². The summed E-state index contributed by atoms with van der Waals surface area (Å²) in [5.41, 5.74) is 1.87. The van der Waals surface area contributed by atoms with E-state index in [1.165, 1.54) is 0 Å². The molecule has 0 aromatic carbocycles. The minimum absolute atomic E-state index is 0.316. The molecule has 1 aliphatic carbocycles. The number of esters is 1. The van der Waals surface area contributed by atoms with Gasteiger partial charge in [-0.1, -0.05) is 11.6 Å². The normalized spacial score (nSPS) is 14.9. The van der Waals surface area contributed by atoms with Gasteiger partial charge in [-0.25, -0.2) is 9.78 Å². The number of ether oxygens (including phenoxy) is 1. The number of halogens is 1. The summed E-state index contributed by atoms with van der Waals surface area (Å²) in [7, 11) is 1.81. The molecule has 0 saturated heterocycles. The van der Waals surface area contributed by atoms with Crippen molar-refractivity contribution in [3.05, 3.63) is 22.5 Å². The fourth-order valence-electron chi connectivity index (χ4n) is 2.19. The zero-order chi connectivity index (χ0) is 13.6. The van der Waals surface area contributed by atoms with Gasteiger partial charge < -0.3 is 4.74 Å². The second kappa shape index (κ2) is 4.49. The molecule has 0 aliphatic heterocycles. The molecule has 2 heterocycles. The number of fused-ring (bicyclic) bond motifs is 1. The third-order valence-corrected chi connectivity index (χ3v) is 3.68. The number of rotatable bonds is 3. The van der Waals surface area contributed by atoms with E-state index in [9.17, 15) is 4.79 Å². The maximum Gasteiger partial charge on any atom is 0.341 e. The first-order chi connectivity index (χ1) is 9.13. The first-order valence-corrected chi connectivity index (χ1v) is 6.69. The third-order valence-electron chi connectivity index (χ3n) is 3.29. The van der Waals surface area contributed by atoms with Gasteiger partial charge in [-0.05, 0) is 19.8 Å². The van der Waals surface area contributed by atoms with Crippen LogP contribution in [0.1, 0.15) is 41.7 Å². The largest absolute Gasteiger partial charge is 0.462 e. The Bertz CT molecular complexity index is 661. The molecule has 100 valence electrons. The first-order valence-electron chi connectivity index (χ1n) is 6.31. The summed E-state index contributed by atoms with van der Waals surface area (Å²) >= 11 is 6.37. The molecule has 0 atom stereocenters. The van der Waals surface area contributed by atoms with E-state index >= 15 is 0 Å². The van der Waals surface area contributed by atoms with Crippen LogP contribution in [0, 0.1) is 0 Å². The van der Waals surface area contributed by atoms with Gasteiger partial charge in [0.2, 0.25) is 0 Å². The molecule has 2 aromatic rings. The second-order valence-corrected chi connectivity index (χ2v) is 5.06. The molecule has 0 amide bonds. The number of nitrogens with zero attached hydrogens (tertiary/aromatic N) is 3. The molecule has 0 radical (unpaired) electrons. The Morgan fingerprint density at radius 3 is 2.95 bits per heavy atom. The van der Waals surface area contributed by atoms with E-state index in [1.807, 2.05) is 7.05 Å². The van der Waals surface area contributed by atoms with Crippen LogP contribution in [0.15, 0.2) is 6.20 Å². The Labute approximate surface area is 115 Å². The molecule has 2 aromatic heterocycles. The predicted molar refractivity (Wildman–Crippen MR) is 71.5 cm³/mol. The highest BCUT2D eigenvalue weighted by atomic mass is 35.5. The van der Waals surface area contributed by atoms with Crippen LogP contribution in [0.2, 0.25) is 5.02 Å². The molecule has 19 heavy (non-hydrogen) atoms. The summed E-state index contributed by atoms with van der Waals surface area (Å²) in [4.78, 5) is 16.7. The molecular weight excluding hydrogens is 266 g/mol. The highest BCUT2D eigenvalue weighted by molar-refractivity contribution is 6.38. The lowest BCUT2D eigenvalue weighted by Gasteiger charge is -2.10. The maximum atomic E-state index is 12.1. The smallest absolute Gasteiger partial charge is 0.341 e. The van der Waals surface area contributed by atoms with Crippen LogP contribution in [0.4, 0.5) is 0 Å². The van der Waals surface area contributed by atoms with Crippen LogP contribution in [0.5, 0.6) is 0 Å². The van der Waals surface area contributed by atoms with Crippen LogP contribution in [0.3, 0.4) is 0 Å². The lowest BCUT2D eigenvalue weighted by Crippen LogP contribution is -2.11. The van der Waals surface area contributed by atoms with Gasteiger partial charge in [-0.3, -0.25) is 4.68 Å². The van der Waals surface area contributed by atoms with Crippen molar-refractivity contribution in [2.45, 2.75) is 25.7 Å². The van der Waals surface area contributed by atoms with Gasteiger partial charge in [0.1, 0.15) is 5.56 Å². The van der Waals surface area contributed by atoms with Crippen molar-refractivity contribution in [2.24, 2.45) is 7.05 Å². The number of carbonyl (C=O) groups excluding carboxylic acids is 1. The summed E-state index contributed by atoms with van der Waals surface area (Å²) < 4.78 is 6.76. The standard InChI is InChI=1S/C13H14ClN3O2/c1-3-19-13(18)9-10(14)8-6-15-17(2)12(8)16-11(9)7-4-5-7/h6-7H,3-5H2,1-2H3. The fourth-order valence-corrected chi connectivity index (χ4v) is 2.49. The molecule has 0 spiro atoms. The SMILES string of the molecule is CCOC(=O)c1c(C2CC2)nc2c(cnn2C)c1Cl. The van der Waals surface area contributed by atoms with Crippen LogP contribution in [-0.2, 0) is 11.8 Å². The average molecular weight is 280 g/mol. The van der Waals surface area contributed by atoms with Gasteiger partial charge in [0.25, 0.3) is 0 Å². The molecule has 1 aliphatic rings. The number of hydrogen-bond acceptors (Lipinski definition) is 4. The molecule has 0 bridgehead atoms. The molecule has 3 rings (SSSR count). The average Bonchev–Trinajstić information content (AvgIpc) is 3.15. The van der Waals surface area contributed by atoms with Crippen LogP contribution in [-0.4, -0.2) is 27.3 Å². The molecular formula is C13H14ClN3O2. The molecule has 5 nitrogen and oxygen atoms in total. The van der Waals surface area contributed by atoms with Crippen LogP contribution in [0.25, 0.3) is 11.0 Å². The predicted octanol–water partition coefficient (Wildman–Crippen LogP) is 2.68. The monoisotopic (exact) mass is 279 g/mol. The summed E-state index contributed by atoms with van der Waals surface area (Å²) in [5.74, 6) is -0.0798. The zero-order valence-corrected chi connectivity index (χ0v) is 11.6. The summed E-state index contributed by atoms with van der Waals surface area (Å²) in [6.07, 6.45) is 3.71. The van der Waals surface area contributed by atoms with E-state index in [2.05, 4.69) is 10.1 Å². The Kier molecular flexibility index (Phi) is 2.93. The van der Waals surface area contributed by atoms with Crippen LogP contribution >= 0.6 is 11.6 Å². The van der Waals surface area contributed by atoms with E-state index in [-0.39, 0.29) is 0 Å². The Morgan fingerprint density at radius 2 is 2.32 bits per heavy atom. The Balaban J connectivity index is 2.25. The maximum absolute atomic E-state index is 12.1. The first kappa shape index (κ1) is 12.4. The highest BCUT2D eigenvalue weighted by Gasteiger charge is 2.33. The second-order valence-electron chi connectivity index (χ2n) is 4.69. The minimum atomic E-state index is -0.396. The molecule has 1 saturated carbocycles. The van der Waals surface area contributed by atoms with Crippen LogP contribution < -0.4 is 0 Å². The van der Waals surface area contributed by atoms with Crippen molar-refractivity contribution >= 4 is 28.6 Å². The molecule has 6 heteroatoms. The quantitative estimate of drug-likeness (QED) is 0.811. The Morgan fingerprint density at radius 1 is 1.58 bits per heavy atom. The molecule has 1 fully saturated rings. The zero-order valence-electron chi connectivity index (χ0n) is 10.8. The number of aryl methyl sites for hydroxylation is 1. The van der Waals surface area contributed by atoms with E-state index in [4.69, 9.17) is 16.3 Å². The van der Waals surface area contributed by atoms with E-state index < -0.39 is 5.97 Å². The topological polar surface area (TPSA) is 57.0 Å². The van der Waals surface area contributed by atoms with Gasteiger partial charge in [-0.2, -0.15) is 5.10 Å². The van der Waals surface area contributed by atoms with Crippen molar-refractivity contribution in [1.29, 1.82) is 0 Å². The van der Waals surface area contributed by atoms with Gasteiger partial charge in [0, 0.05) is 13.0 Å². The number of carbonyl (C=O) groups is 1. The fraction of sp³-hybridized carbons (Fsp3) is 0.462.